The summed E-state index contributed by atoms with van der Waals surface area (Å²) in [7, 11) is 0. The largest absolute Gasteiger partial charge is 0.480 e. The van der Waals surface area contributed by atoms with E-state index in [0.29, 0.717) is 23.0 Å². The highest BCUT2D eigenvalue weighted by Gasteiger charge is 2.18. The second-order valence-corrected chi connectivity index (χ2v) is 8.50. The van der Waals surface area contributed by atoms with Gasteiger partial charge in [-0.3, -0.25) is 4.79 Å². The van der Waals surface area contributed by atoms with E-state index >= 15 is 0 Å². The van der Waals surface area contributed by atoms with Crippen LogP contribution in [0.15, 0.2) is 60.7 Å². The van der Waals surface area contributed by atoms with Crippen LogP contribution in [0.5, 0.6) is 5.75 Å². The maximum atomic E-state index is 12.6. The predicted molar refractivity (Wildman–Crippen MR) is 124 cm³/mol. The number of fused-ring (bicyclic) bond motifs is 1. The van der Waals surface area contributed by atoms with Crippen molar-refractivity contribution in [1.29, 1.82) is 0 Å². The van der Waals surface area contributed by atoms with E-state index in [1.807, 2.05) is 61.5 Å². The van der Waals surface area contributed by atoms with Gasteiger partial charge in [-0.05, 0) is 35.6 Å². The lowest BCUT2D eigenvalue weighted by atomic mass is 10.1. The van der Waals surface area contributed by atoms with Crippen molar-refractivity contribution in [1.82, 2.24) is 5.32 Å². The lowest BCUT2D eigenvalue weighted by Gasteiger charge is -2.18. The fourth-order valence-corrected chi connectivity index (χ4v) is 4.08. The van der Waals surface area contributed by atoms with Gasteiger partial charge in [0.15, 0.2) is 6.10 Å². The van der Waals surface area contributed by atoms with Gasteiger partial charge in [0.05, 0.1) is 10.0 Å². The van der Waals surface area contributed by atoms with Crippen LogP contribution in [-0.2, 0) is 10.5 Å². The summed E-state index contributed by atoms with van der Waals surface area (Å²) in [5.74, 6) is 2.27. The normalized spacial score (nSPS) is 12.0. The van der Waals surface area contributed by atoms with Gasteiger partial charge in [0.2, 0.25) is 0 Å². The average molecular weight is 448 g/mol. The van der Waals surface area contributed by atoms with Gasteiger partial charge in [-0.1, -0.05) is 72.6 Å². The molecule has 0 aliphatic rings. The Labute approximate surface area is 185 Å². The van der Waals surface area contributed by atoms with Gasteiger partial charge >= 0.3 is 0 Å². The van der Waals surface area contributed by atoms with Crippen LogP contribution in [0, 0.1) is 0 Å². The molecule has 3 rings (SSSR count). The van der Waals surface area contributed by atoms with Crippen molar-refractivity contribution in [3.05, 3.63) is 76.3 Å². The molecule has 6 heteroatoms. The zero-order valence-electron chi connectivity index (χ0n) is 16.2. The third kappa shape index (κ3) is 6.05. The van der Waals surface area contributed by atoms with E-state index in [2.05, 4.69) is 5.32 Å². The van der Waals surface area contributed by atoms with Gasteiger partial charge in [-0.25, -0.2) is 0 Å². The van der Waals surface area contributed by atoms with Crippen LogP contribution in [0.1, 0.15) is 18.9 Å². The van der Waals surface area contributed by atoms with Crippen LogP contribution < -0.4 is 10.1 Å². The van der Waals surface area contributed by atoms with Crippen LogP contribution in [0.25, 0.3) is 10.8 Å². The number of hydrogen-bond acceptors (Lipinski definition) is 3. The van der Waals surface area contributed by atoms with Crippen LogP contribution in [0.2, 0.25) is 10.0 Å². The first-order chi connectivity index (χ1) is 14.1. The van der Waals surface area contributed by atoms with Gasteiger partial charge in [-0.15, -0.1) is 0 Å². The summed E-state index contributed by atoms with van der Waals surface area (Å²) >= 11 is 13.7. The minimum atomic E-state index is -0.513. The smallest absolute Gasteiger partial charge is 0.261 e. The maximum Gasteiger partial charge on any atom is 0.261 e. The highest BCUT2D eigenvalue weighted by molar-refractivity contribution is 7.98. The van der Waals surface area contributed by atoms with Crippen molar-refractivity contribution in [2.24, 2.45) is 0 Å². The van der Waals surface area contributed by atoms with E-state index in [4.69, 9.17) is 27.9 Å². The van der Waals surface area contributed by atoms with Crippen LogP contribution in [-0.4, -0.2) is 24.3 Å². The standard InChI is InChI=1S/C23H23Cl2NO2S/c1-2-21(28-22-9-5-7-17-6-3-4-8-18(17)22)23(27)26-12-13-29-15-16-10-11-19(24)20(25)14-16/h3-11,14,21H,2,12-13,15H2,1H3,(H,26,27)/t21-/m1/s1. The molecule has 3 nitrogen and oxygen atoms in total. The number of hydrogen-bond donors (Lipinski definition) is 1. The molecule has 152 valence electrons. The highest BCUT2D eigenvalue weighted by atomic mass is 35.5. The number of thioether (sulfide) groups is 1. The molecule has 0 spiro atoms. The summed E-state index contributed by atoms with van der Waals surface area (Å²) in [6.45, 7) is 2.54. The fourth-order valence-electron chi connectivity index (χ4n) is 2.95. The number of nitrogens with one attached hydrogen (secondary N) is 1. The maximum absolute atomic E-state index is 12.6. The lowest BCUT2D eigenvalue weighted by molar-refractivity contribution is -0.127. The molecule has 29 heavy (non-hydrogen) atoms. The molecule has 0 saturated carbocycles. The Hall–Kier alpha value is -1.88. The summed E-state index contributed by atoms with van der Waals surface area (Å²) in [5, 5.41) is 6.21. The number of carbonyl (C=O) groups is 1. The zero-order chi connectivity index (χ0) is 20.6. The molecule has 0 unspecified atom stereocenters. The molecule has 1 atom stereocenters. The molecule has 0 aliphatic heterocycles. The first-order valence-electron chi connectivity index (χ1n) is 9.52. The molecule has 0 aliphatic carbocycles. The van der Waals surface area contributed by atoms with Crippen molar-refractivity contribution < 1.29 is 9.53 Å². The summed E-state index contributed by atoms with van der Waals surface area (Å²) < 4.78 is 6.04. The summed E-state index contributed by atoms with van der Waals surface area (Å²) in [6.07, 6.45) is 0.0896. The van der Waals surface area contributed by atoms with Crippen molar-refractivity contribution in [2.75, 3.05) is 12.3 Å². The SMILES string of the molecule is CC[C@@H](Oc1cccc2ccccc12)C(=O)NCCSCc1ccc(Cl)c(Cl)c1. The summed E-state index contributed by atoms with van der Waals surface area (Å²) in [6, 6.07) is 19.5. The molecule has 1 N–H and O–H groups in total. The van der Waals surface area contributed by atoms with E-state index in [1.165, 1.54) is 0 Å². The van der Waals surface area contributed by atoms with E-state index in [0.717, 1.165) is 33.6 Å². The number of halogens is 2. The monoisotopic (exact) mass is 447 g/mol. The zero-order valence-corrected chi connectivity index (χ0v) is 18.5. The van der Waals surface area contributed by atoms with Crippen molar-refractivity contribution in [2.45, 2.75) is 25.2 Å². The molecule has 0 aromatic heterocycles. The Morgan fingerprint density at radius 2 is 1.86 bits per heavy atom. The molecule has 3 aromatic rings. The minimum absolute atomic E-state index is 0.0874. The molecular formula is C23H23Cl2NO2S. The van der Waals surface area contributed by atoms with Crippen molar-refractivity contribution in [3.8, 4) is 5.75 Å². The molecule has 0 radical (unpaired) electrons. The molecule has 0 heterocycles. The molecule has 0 fully saturated rings. The third-order valence-electron chi connectivity index (χ3n) is 4.48. The second-order valence-electron chi connectivity index (χ2n) is 6.58. The van der Waals surface area contributed by atoms with Gasteiger partial charge < -0.3 is 10.1 Å². The summed E-state index contributed by atoms with van der Waals surface area (Å²) in [4.78, 5) is 12.6. The Morgan fingerprint density at radius 3 is 2.66 bits per heavy atom. The van der Waals surface area contributed by atoms with Gasteiger partial charge in [-0.2, -0.15) is 11.8 Å². The Kier molecular flexibility index (Phi) is 8.10. The van der Waals surface area contributed by atoms with Gasteiger partial charge in [0, 0.05) is 23.4 Å². The highest BCUT2D eigenvalue weighted by Crippen LogP contribution is 2.27. The first kappa shape index (κ1) is 21.8. The third-order valence-corrected chi connectivity index (χ3v) is 6.25. The van der Waals surface area contributed by atoms with E-state index in [1.54, 1.807) is 17.8 Å². The molecule has 1 amide bonds. The Bertz CT molecular complexity index is 975. The molecular weight excluding hydrogens is 425 g/mol. The number of benzene rings is 3. The van der Waals surface area contributed by atoms with Crippen molar-refractivity contribution in [3.63, 3.8) is 0 Å². The van der Waals surface area contributed by atoms with E-state index in [9.17, 15) is 4.79 Å². The fraction of sp³-hybridized carbons (Fsp3) is 0.261. The quantitative estimate of drug-likeness (QED) is 0.388. The number of rotatable bonds is 9. The topological polar surface area (TPSA) is 38.3 Å². The van der Waals surface area contributed by atoms with E-state index < -0.39 is 6.10 Å². The number of carbonyl (C=O) groups excluding carboxylic acids is 1. The summed E-state index contributed by atoms with van der Waals surface area (Å²) in [5.41, 5.74) is 1.11. The lowest BCUT2D eigenvalue weighted by Crippen LogP contribution is -2.39. The second kappa shape index (κ2) is 10.8. The van der Waals surface area contributed by atoms with Gasteiger partial charge in [0.25, 0.3) is 5.91 Å². The average Bonchev–Trinajstić information content (AvgIpc) is 2.74. The Balaban J connectivity index is 1.47. The first-order valence-corrected chi connectivity index (χ1v) is 11.4. The minimum Gasteiger partial charge on any atom is -0.480 e. The molecule has 0 saturated heterocycles. The van der Waals surface area contributed by atoms with Crippen LogP contribution in [0.3, 0.4) is 0 Å². The van der Waals surface area contributed by atoms with Gasteiger partial charge in [0.1, 0.15) is 5.75 Å². The number of amides is 1. The van der Waals surface area contributed by atoms with Crippen LogP contribution in [0.4, 0.5) is 0 Å². The van der Waals surface area contributed by atoms with Crippen LogP contribution >= 0.6 is 35.0 Å². The molecule has 0 bridgehead atoms. The van der Waals surface area contributed by atoms with E-state index in [-0.39, 0.29) is 5.91 Å². The number of ether oxygens (including phenoxy) is 1. The van der Waals surface area contributed by atoms with Crippen molar-refractivity contribution >= 4 is 51.6 Å². The Morgan fingerprint density at radius 1 is 1.07 bits per heavy atom. The predicted octanol–water partition coefficient (Wildman–Crippen LogP) is 6.35. The molecule has 3 aromatic carbocycles.